The third kappa shape index (κ3) is 4.44. The van der Waals surface area contributed by atoms with Crippen molar-refractivity contribution in [1.82, 2.24) is 9.97 Å². The molecule has 0 amide bonds. The molecule has 4 heterocycles. The van der Waals surface area contributed by atoms with Crippen molar-refractivity contribution in [2.45, 2.75) is 13.1 Å². The predicted octanol–water partition coefficient (Wildman–Crippen LogP) is 1.97. The van der Waals surface area contributed by atoms with Gasteiger partial charge in [0, 0.05) is 23.6 Å². The number of nitrogens with zero attached hydrogens (tertiary/aromatic N) is 5. The maximum Gasteiger partial charge on any atom is 0.179 e. The Hall–Kier alpha value is -3.23. The minimum absolute atomic E-state index is 0.229. The molecule has 0 saturated heterocycles. The van der Waals surface area contributed by atoms with Crippen molar-refractivity contribution in [2.24, 2.45) is 10.8 Å². The van der Waals surface area contributed by atoms with E-state index >= 15 is 0 Å². The minimum atomic E-state index is 0.229. The van der Waals surface area contributed by atoms with Crippen LogP contribution < -0.4 is 24.7 Å². The van der Waals surface area contributed by atoms with Gasteiger partial charge in [-0.25, -0.2) is 0 Å². The molecule has 0 bridgehead atoms. The second-order valence-electron chi connectivity index (χ2n) is 5.23. The van der Waals surface area contributed by atoms with Crippen LogP contribution >= 0.6 is 0 Å². The van der Waals surface area contributed by atoms with Crippen molar-refractivity contribution < 1.29 is 18.9 Å². The summed E-state index contributed by atoms with van der Waals surface area (Å²) in [5.41, 5.74) is 15.1. The van der Waals surface area contributed by atoms with Gasteiger partial charge >= 0.3 is 0 Å². The van der Waals surface area contributed by atoms with Gasteiger partial charge in [0.15, 0.2) is 23.0 Å². The van der Waals surface area contributed by atoms with Gasteiger partial charge in [0.2, 0.25) is 0 Å². The summed E-state index contributed by atoms with van der Waals surface area (Å²) in [6.07, 6.45) is 3.23. The first-order chi connectivity index (χ1) is 12.8. The number of aromatic nitrogens is 2. The first-order valence-electron chi connectivity index (χ1n) is 8.00. The molecule has 0 saturated carbocycles. The lowest BCUT2D eigenvalue weighted by molar-refractivity contribution is 0.170. The second-order valence-corrected chi connectivity index (χ2v) is 5.23. The molecule has 10 heteroatoms. The van der Waals surface area contributed by atoms with Crippen molar-refractivity contribution in [3.63, 3.8) is 0 Å². The minimum Gasteiger partial charge on any atom is -0.486 e. The Morgan fingerprint density at radius 3 is 1.92 bits per heavy atom. The number of rotatable bonds is 3. The Morgan fingerprint density at radius 1 is 0.885 bits per heavy atom. The zero-order chi connectivity index (χ0) is 18.2. The first-order valence-corrected chi connectivity index (χ1v) is 8.00. The fourth-order valence-electron chi connectivity index (χ4n) is 2.28. The average molecular weight is 358 g/mol. The number of nitrogens with two attached hydrogens (primary N) is 1. The van der Waals surface area contributed by atoms with Gasteiger partial charge in [0.25, 0.3) is 0 Å². The van der Waals surface area contributed by atoms with Crippen LogP contribution in [0.1, 0.15) is 11.4 Å². The molecule has 26 heavy (non-hydrogen) atoms. The smallest absolute Gasteiger partial charge is 0.179 e. The van der Waals surface area contributed by atoms with Gasteiger partial charge in [0.1, 0.15) is 26.4 Å². The van der Waals surface area contributed by atoms with Crippen molar-refractivity contribution in [2.75, 3.05) is 26.4 Å². The highest BCUT2D eigenvalue weighted by atomic mass is 16.6. The number of hydrogen-bond donors (Lipinski definition) is 1. The quantitative estimate of drug-likeness (QED) is 0.503. The van der Waals surface area contributed by atoms with Crippen LogP contribution in [0.5, 0.6) is 23.0 Å². The standard InChI is InChI=1S/C8H8N4O2.C8H10N2O2/c9-12-11-4-6-3-7-8(5-10-6)14-2-1-13-7;9-4-6-3-7-8(5-10-6)12-2-1-11-7/h3,5H,1-2,4H2;3,5H,1-2,4,9H2. The zero-order valence-electron chi connectivity index (χ0n) is 14.0. The number of ether oxygens (including phenoxy) is 4. The number of fused-ring (bicyclic) bond motifs is 2. The fraction of sp³-hybridized carbons (Fsp3) is 0.375. The van der Waals surface area contributed by atoms with E-state index in [0.717, 1.165) is 11.4 Å². The lowest BCUT2D eigenvalue weighted by Gasteiger charge is -2.17. The molecular weight excluding hydrogens is 340 g/mol. The second kappa shape index (κ2) is 8.75. The molecule has 2 aliphatic rings. The van der Waals surface area contributed by atoms with Crippen LogP contribution in [0.3, 0.4) is 0 Å². The number of azide groups is 1. The predicted molar refractivity (Wildman–Crippen MR) is 91.2 cm³/mol. The molecule has 0 atom stereocenters. The third-order valence-corrected chi connectivity index (χ3v) is 3.48. The summed E-state index contributed by atoms with van der Waals surface area (Å²) in [7, 11) is 0. The van der Waals surface area contributed by atoms with Crippen LogP contribution in [0.15, 0.2) is 29.6 Å². The van der Waals surface area contributed by atoms with Crippen LogP contribution in [0.2, 0.25) is 0 Å². The van der Waals surface area contributed by atoms with Crippen molar-refractivity contribution >= 4 is 0 Å². The average Bonchev–Trinajstić information content (AvgIpc) is 2.72. The molecule has 0 aromatic carbocycles. The molecule has 2 N–H and O–H groups in total. The van der Waals surface area contributed by atoms with Crippen LogP contribution in [-0.2, 0) is 13.1 Å². The third-order valence-electron chi connectivity index (χ3n) is 3.48. The van der Waals surface area contributed by atoms with Gasteiger partial charge in [-0.15, -0.1) is 0 Å². The zero-order valence-corrected chi connectivity index (χ0v) is 14.0. The Labute approximate surface area is 149 Å². The van der Waals surface area contributed by atoms with E-state index in [9.17, 15) is 0 Å². The van der Waals surface area contributed by atoms with Crippen molar-refractivity contribution in [3.8, 4) is 23.0 Å². The molecule has 10 nitrogen and oxygen atoms in total. The van der Waals surface area contributed by atoms with E-state index in [1.54, 1.807) is 18.5 Å². The molecule has 0 radical (unpaired) electrons. The lowest BCUT2D eigenvalue weighted by atomic mass is 10.3. The van der Waals surface area contributed by atoms with Crippen LogP contribution in [0.25, 0.3) is 10.4 Å². The highest BCUT2D eigenvalue weighted by Gasteiger charge is 2.12. The SMILES string of the molecule is NCc1cc2c(cn1)OCCO2.[N-]=[N+]=NCc1cc2c(cn1)OCCO2. The van der Waals surface area contributed by atoms with E-state index in [1.807, 2.05) is 6.07 Å². The molecule has 4 rings (SSSR count). The van der Waals surface area contributed by atoms with E-state index < -0.39 is 0 Å². The van der Waals surface area contributed by atoms with Gasteiger partial charge in [-0.2, -0.15) is 0 Å². The molecule has 0 spiro atoms. The molecular formula is C16H18N6O4. The topological polar surface area (TPSA) is 137 Å². The molecule has 2 aromatic heterocycles. The molecule has 0 unspecified atom stereocenters. The molecule has 2 aliphatic heterocycles. The Kier molecular flexibility index (Phi) is 5.92. The monoisotopic (exact) mass is 358 g/mol. The van der Waals surface area contributed by atoms with Crippen molar-refractivity contribution in [3.05, 3.63) is 46.4 Å². The Morgan fingerprint density at radius 2 is 1.38 bits per heavy atom. The van der Waals surface area contributed by atoms with Gasteiger partial charge in [-0.1, -0.05) is 5.11 Å². The number of pyridine rings is 2. The number of hydrogen-bond acceptors (Lipinski definition) is 8. The van der Waals surface area contributed by atoms with Crippen LogP contribution in [-0.4, -0.2) is 36.4 Å². The summed E-state index contributed by atoms with van der Waals surface area (Å²) in [5, 5.41) is 3.41. The highest BCUT2D eigenvalue weighted by molar-refractivity contribution is 5.40. The van der Waals surface area contributed by atoms with Crippen LogP contribution in [0.4, 0.5) is 0 Å². The molecule has 136 valence electrons. The summed E-state index contributed by atoms with van der Waals surface area (Å²) in [6.45, 7) is 2.93. The van der Waals surface area contributed by atoms with Crippen molar-refractivity contribution in [1.29, 1.82) is 0 Å². The van der Waals surface area contributed by atoms with Gasteiger partial charge in [0.05, 0.1) is 30.3 Å². The summed E-state index contributed by atoms with van der Waals surface area (Å²) in [5.74, 6) is 2.76. The highest BCUT2D eigenvalue weighted by Crippen LogP contribution is 2.30. The first kappa shape index (κ1) is 17.6. The van der Waals surface area contributed by atoms with E-state index in [2.05, 4.69) is 20.0 Å². The summed E-state index contributed by atoms with van der Waals surface area (Å²) >= 11 is 0. The summed E-state index contributed by atoms with van der Waals surface area (Å²) < 4.78 is 21.3. The maximum atomic E-state index is 8.14. The van der Waals surface area contributed by atoms with E-state index in [1.165, 1.54) is 0 Å². The summed E-state index contributed by atoms with van der Waals surface area (Å²) in [6, 6.07) is 3.54. The van der Waals surface area contributed by atoms with E-state index in [4.69, 9.17) is 30.2 Å². The molecule has 0 aliphatic carbocycles. The van der Waals surface area contributed by atoms with Gasteiger partial charge < -0.3 is 24.7 Å². The fourth-order valence-corrected chi connectivity index (χ4v) is 2.28. The van der Waals surface area contributed by atoms with Gasteiger partial charge in [-0.3, -0.25) is 9.97 Å². The summed E-state index contributed by atoms with van der Waals surface area (Å²) in [4.78, 5) is 10.8. The lowest BCUT2D eigenvalue weighted by Crippen LogP contribution is -2.16. The van der Waals surface area contributed by atoms with E-state index in [0.29, 0.717) is 55.9 Å². The Bertz CT molecular complexity index is 809. The molecule has 0 fully saturated rings. The van der Waals surface area contributed by atoms with E-state index in [-0.39, 0.29) is 6.54 Å². The Balaban J connectivity index is 0.000000152. The van der Waals surface area contributed by atoms with Crippen LogP contribution in [0, 0.1) is 0 Å². The molecule has 2 aromatic rings. The normalized spacial score (nSPS) is 13.7. The van der Waals surface area contributed by atoms with Gasteiger partial charge in [-0.05, 0) is 5.53 Å². The maximum absolute atomic E-state index is 8.14. The largest absolute Gasteiger partial charge is 0.486 e.